The zero-order valence-corrected chi connectivity index (χ0v) is 9.93. The van der Waals surface area contributed by atoms with Crippen LogP contribution in [0, 0.1) is 5.92 Å². The van der Waals surface area contributed by atoms with Crippen LogP contribution in [-0.4, -0.2) is 31.5 Å². The van der Waals surface area contributed by atoms with E-state index >= 15 is 0 Å². The number of ether oxygens (including phenoxy) is 1. The Kier molecular flexibility index (Phi) is 4.31. The third kappa shape index (κ3) is 3.85. The lowest BCUT2D eigenvalue weighted by molar-refractivity contribution is -0.184. The Bertz CT molecular complexity index is 238. The molecule has 2 rings (SSSR count). The standard InChI is InChI=1S/C12H20F3NO/c13-12(14,15)9-2-1-3-11(8-9)16-10-4-6-17-7-5-10/h9-11,16H,1-8H2. The molecule has 1 aliphatic carbocycles. The minimum absolute atomic E-state index is 0.0403. The molecule has 0 aromatic rings. The van der Waals surface area contributed by atoms with Gasteiger partial charge in [0.05, 0.1) is 5.92 Å². The number of alkyl halides is 3. The summed E-state index contributed by atoms with van der Waals surface area (Å²) >= 11 is 0. The van der Waals surface area contributed by atoms with E-state index in [2.05, 4.69) is 5.32 Å². The Morgan fingerprint density at radius 3 is 2.29 bits per heavy atom. The van der Waals surface area contributed by atoms with Crippen LogP contribution in [0.25, 0.3) is 0 Å². The Hall–Kier alpha value is -0.290. The van der Waals surface area contributed by atoms with Crippen LogP contribution < -0.4 is 5.32 Å². The van der Waals surface area contributed by atoms with E-state index in [-0.39, 0.29) is 12.5 Å². The van der Waals surface area contributed by atoms with E-state index in [0.29, 0.717) is 18.9 Å². The van der Waals surface area contributed by atoms with Crippen LogP contribution in [0.4, 0.5) is 13.2 Å². The highest BCUT2D eigenvalue weighted by molar-refractivity contribution is 4.84. The van der Waals surface area contributed by atoms with Crippen molar-refractivity contribution in [2.75, 3.05) is 13.2 Å². The summed E-state index contributed by atoms with van der Waals surface area (Å²) in [5, 5.41) is 3.38. The van der Waals surface area contributed by atoms with Crippen molar-refractivity contribution in [3.8, 4) is 0 Å². The second-order valence-electron chi connectivity index (χ2n) is 5.16. The number of rotatable bonds is 2. The maximum atomic E-state index is 12.6. The first-order valence-electron chi connectivity index (χ1n) is 6.46. The summed E-state index contributed by atoms with van der Waals surface area (Å²) < 4.78 is 43.2. The van der Waals surface area contributed by atoms with Gasteiger partial charge in [-0.25, -0.2) is 0 Å². The fourth-order valence-corrected chi connectivity index (χ4v) is 2.84. The molecule has 5 heteroatoms. The molecule has 2 nitrogen and oxygen atoms in total. The van der Waals surface area contributed by atoms with Gasteiger partial charge in [-0.3, -0.25) is 0 Å². The Balaban J connectivity index is 1.80. The van der Waals surface area contributed by atoms with Crippen LogP contribution in [0.1, 0.15) is 38.5 Å². The second-order valence-corrected chi connectivity index (χ2v) is 5.16. The molecule has 0 amide bonds. The molecule has 1 aliphatic heterocycles. The zero-order valence-electron chi connectivity index (χ0n) is 9.93. The Morgan fingerprint density at radius 2 is 1.65 bits per heavy atom. The first kappa shape index (κ1) is 13.1. The SMILES string of the molecule is FC(F)(F)C1CCCC(NC2CCOCC2)C1. The van der Waals surface area contributed by atoms with Gasteiger partial charge in [-0.2, -0.15) is 13.2 Å². The van der Waals surface area contributed by atoms with Crippen molar-refractivity contribution in [2.24, 2.45) is 5.92 Å². The quantitative estimate of drug-likeness (QED) is 0.814. The van der Waals surface area contributed by atoms with Crippen LogP contribution >= 0.6 is 0 Å². The average molecular weight is 251 g/mol. The van der Waals surface area contributed by atoms with Crippen molar-refractivity contribution in [1.82, 2.24) is 5.32 Å². The predicted octanol–water partition coefficient (Wildman–Crippen LogP) is 2.88. The first-order valence-corrected chi connectivity index (χ1v) is 6.46. The summed E-state index contributed by atoms with van der Waals surface area (Å²) in [4.78, 5) is 0. The average Bonchev–Trinajstić information content (AvgIpc) is 2.29. The topological polar surface area (TPSA) is 21.3 Å². The molecule has 1 N–H and O–H groups in total. The highest BCUT2D eigenvalue weighted by Gasteiger charge is 2.42. The lowest BCUT2D eigenvalue weighted by atomic mass is 9.84. The van der Waals surface area contributed by atoms with Crippen molar-refractivity contribution >= 4 is 0 Å². The summed E-state index contributed by atoms with van der Waals surface area (Å²) in [6, 6.07) is 0.388. The van der Waals surface area contributed by atoms with Crippen molar-refractivity contribution in [3.63, 3.8) is 0 Å². The van der Waals surface area contributed by atoms with Crippen molar-refractivity contribution in [2.45, 2.75) is 56.8 Å². The van der Waals surface area contributed by atoms with Gasteiger partial charge < -0.3 is 10.1 Å². The first-order chi connectivity index (χ1) is 8.05. The molecule has 0 aromatic heterocycles. The Labute approximate surface area is 99.9 Å². The van der Waals surface area contributed by atoms with Gasteiger partial charge in [-0.1, -0.05) is 6.42 Å². The van der Waals surface area contributed by atoms with Gasteiger partial charge in [0, 0.05) is 25.3 Å². The van der Waals surface area contributed by atoms with Gasteiger partial charge in [0.1, 0.15) is 0 Å². The van der Waals surface area contributed by atoms with Crippen LogP contribution in [0.15, 0.2) is 0 Å². The summed E-state index contributed by atoms with van der Waals surface area (Å²) in [7, 11) is 0. The van der Waals surface area contributed by atoms with E-state index in [1.807, 2.05) is 0 Å². The number of hydrogen-bond acceptors (Lipinski definition) is 2. The van der Waals surface area contributed by atoms with E-state index in [1.54, 1.807) is 0 Å². The minimum Gasteiger partial charge on any atom is -0.381 e. The van der Waals surface area contributed by atoms with Crippen molar-refractivity contribution in [1.29, 1.82) is 0 Å². The molecule has 0 bridgehead atoms. The van der Waals surface area contributed by atoms with E-state index in [0.717, 1.165) is 32.5 Å². The summed E-state index contributed by atoms with van der Waals surface area (Å²) in [6.07, 6.45) is -0.0539. The lowest BCUT2D eigenvalue weighted by Gasteiger charge is -2.34. The number of hydrogen-bond donors (Lipinski definition) is 1. The van der Waals surface area contributed by atoms with E-state index in [4.69, 9.17) is 4.74 Å². The van der Waals surface area contributed by atoms with Crippen LogP contribution in [0.2, 0.25) is 0 Å². The van der Waals surface area contributed by atoms with Gasteiger partial charge in [0.2, 0.25) is 0 Å². The molecule has 2 aliphatic rings. The van der Waals surface area contributed by atoms with E-state index in [9.17, 15) is 13.2 Å². The third-order valence-electron chi connectivity index (χ3n) is 3.83. The van der Waals surface area contributed by atoms with Gasteiger partial charge >= 0.3 is 6.18 Å². The molecule has 0 radical (unpaired) electrons. The van der Waals surface area contributed by atoms with Gasteiger partial charge in [-0.15, -0.1) is 0 Å². The molecule has 0 spiro atoms. The largest absolute Gasteiger partial charge is 0.391 e. The maximum Gasteiger partial charge on any atom is 0.391 e. The lowest BCUT2D eigenvalue weighted by Crippen LogP contribution is -2.45. The summed E-state index contributed by atoms with van der Waals surface area (Å²) in [5.41, 5.74) is 0. The smallest absolute Gasteiger partial charge is 0.381 e. The molecule has 1 heterocycles. The van der Waals surface area contributed by atoms with Crippen LogP contribution in [0.3, 0.4) is 0 Å². The summed E-state index contributed by atoms with van der Waals surface area (Å²) in [5.74, 6) is -1.10. The van der Waals surface area contributed by atoms with Crippen molar-refractivity contribution in [3.05, 3.63) is 0 Å². The zero-order chi connectivity index (χ0) is 12.3. The molecule has 0 aromatic carbocycles. The molecule has 100 valence electrons. The maximum absolute atomic E-state index is 12.6. The van der Waals surface area contributed by atoms with E-state index < -0.39 is 12.1 Å². The van der Waals surface area contributed by atoms with Crippen LogP contribution in [0.5, 0.6) is 0 Å². The third-order valence-corrected chi connectivity index (χ3v) is 3.83. The van der Waals surface area contributed by atoms with E-state index in [1.165, 1.54) is 0 Å². The fraction of sp³-hybridized carbons (Fsp3) is 1.00. The fourth-order valence-electron chi connectivity index (χ4n) is 2.84. The highest BCUT2D eigenvalue weighted by Crippen LogP contribution is 2.37. The monoisotopic (exact) mass is 251 g/mol. The van der Waals surface area contributed by atoms with Gasteiger partial charge in [-0.05, 0) is 32.1 Å². The molecular formula is C12H20F3NO. The predicted molar refractivity (Wildman–Crippen MR) is 58.8 cm³/mol. The highest BCUT2D eigenvalue weighted by atomic mass is 19.4. The van der Waals surface area contributed by atoms with Crippen molar-refractivity contribution < 1.29 is 17.9 Å². The van der Waals surface area contributed by atoms with Crippen LogP contribution in [-0.2, 0) is 4.74 Å². The molecular weight excluding hydrogens is 231 g/mol. The van der Waals surface area contributed by atoms with Gasteiger partial charge in [0.25, 0.3) is 0 Å². The number of nitrogens with one attached hydrogen (secondary N) is 1. The Morgan fingerprint density at radius 1 is 0.941 bits per heavy atom. The normalized spacial score (nSPS) is 32.6. The number of halogens is 3. The minimum atomic E-state index is -4.02. The molecule has 17 heavy (non-hydrogen) atoms. The van der Waals surface area contributed by atoms with Gasteiger partial charge in [0.15, 0.2) is 0 Å². The molecule has 2 fully saturated rings. The molecule has 2 atom stereocenters. The summed E-state index contributed by atoms with van der Waals surface area (Å²) in [6.45, 7) is 1.46. The second kappa shape index (κ2) is 5.57. The molecule has 1 saturated heterocycles. The molecule has 2 unspecified atom stereocenters. The molecule has 1 saturated carbocycles.